The molecule has 1 atom stereocenters. The van der Waals surface area contributed by atoms with Gasteiger partial charge in [-0.25, -0.2) is 0 Å². The molecule has 1 N–H and O–H groups in total. The average molecular weight is 302 g/mol. The maximum Gasteiger partial charge on any atom is 0.271 e. The van der Waals surface area contributed by atoms with E-state index in [1.807, 2.05) is 34.9 Å². The van der Waals surface area contributed by atoms with Gasteiger partial charge in [-0.15, -0.1) is 11.8 Å². The van der Waals surface area contributed by atoms with Crippen molar-refractivity contribution < 1.29 is 4.79 Å². The van der Waals surface area contributed by atoms with Crippen molar-refractivity contribution in [2.45, 2.75) is 25.1 Å². The number of hydrogen-bond acceptors (Lipinski definition) is 3. The first kappa shape index (κ1) is 14.2. The van der Waals surface area contributed by atoms with Crippen LogP contribution in [0.15, 0.2) is 35.1 Å². The van der Waals surface area contributed by atoms with Crippen molar-refractivity contribution in [1.82, 2.24) is 9.88 Å². The van der Waals surface area contributed by atoms with Crippen LogP contribution in [0.2, 0.25) is 0 Å². The molecule has 1 aromatic heterocycles. The molecule has 0 aliphatic carbocycles. The van der Waals surface area contributed by atoms with Crippen molar-refractivity contribution in [3.05, 3.63) is 46.4 Å². The van der Waals surface area contributed by atoms with Gasteiger partial charge in [0.15, 0.2) is 0 Å². The van der Waals surface area contributed by atoms with Gasteiger partial charge in [-0.3, -0.25) is 9.59 Å². The summed E-state index contributed by atoms with van der Waals surface area (Å²) in [5, 5.41) is 1.66. The first-order chi connectivity index (χ1) is 10.2. The topological polar surface area (TPSA) is 53.2 Å². The van der Waals surface area contributed by atoms with E-state index in [1.54, 1.807) is 12.1 Å². The highest BCUT2D eigenvalue weighted by atomic mass is 32.2. The SMILES string of the molecule is CCCC1SCCN1C(=O)c1cc2ccccc2c(=O)[nH]1. The molecule has 0 saturated carbocycles. The molecule has 0 spiro atoms. The highest BCUT2D eigenvalue weighted by Gasteiger charge is 2.29. The number of thioether (sulfide) groups is 1. The van der Waals surface area contributed by atoms with Crippen LogP contribution in [0.1, 0.15) is 30.3 Å². The molecule has 21 heavy (non-hydrogen) atoms. The van der Waals surface area contributed by atoms with Crippen molar-refractivity contribution in [3.63, 3.8) is 0 Å². The summed E-state index contributed by atoms with van der Waals surface area (Å²) < 4.78 is 0. The summed E-state index contributed by atoms with van der Waals surface area (Å²) in [7, 11) is 0. The van der Waals surface area contributed by atoms with Gasteiger partial charge in [0.1, 0.15) is 5.69 Å². The van der Waals surface area contributed by atoms with Crippen LogP contribution in [0.3, 0.4) is 0 Å². The summed E-state index contributed by atoms with van der Waals surface area (Å²) in [4.78, 5) is 29.4. The highest BCUT2D eigenvalue weighted by molar-refractivity contribution is 8.00. The molecule has 0 radical (unpaired) electrons. The molecule has 2 heterocycles. The molecule has 1 saturated heterocycles. The predicted molar refractivity (Wildman–Crippen MR) is 86.8 cm³/mol. The smallest absolute Gasteiger partial charge is 0.271 e. The second-order valence-electron chi connectivity index (χ2n) is 5.21. The number of pyridine rings is 1. The first-order valence-electron chi connectivity index (χ1n) is 7.25. The van der Waals surface area contributed by atoms with Crippen LogP contribution < -0.4 is 5.56 Å². The molecule has 1 unspecified atom stereocenters. The lowest BCUT2D eigenvalue weighted by Crippen LogP contribution is -2.36. The second-order valence-corrected chi connectivity index (χ2v) is 6.50. The number of aromatic amines is 1. The summed E-state index contributed by atoms with van der Waals surface area (Å²) in [6, 6.07) is 9.12. The van der Waals surface area contributed by atoms with Gasteiger partial charge in [0.05, 0.1) is 5.37 Å². The van der Waals surface area contributed by atoms with E-state index in [-0.39, 0.29) is 16.8 Å². The Morgan fingerprint density at radius 2 is 2.24 bits per heavy atom. The Labute approximate surface area is 127 Å². The highest BCUT2D eigenvalue weighted by Crippen LogP contribution is 2.28. The number of hydrogen-bond donors (Lipinski definition) is 1. The maximum absolute atomic E-state index is 12.7. The number of nitrogens with zero attached hydrogens (tertiary/aromatic N) is 1. The van der Waals surface area contributed by atoms with Crippen molar-refractivity contribution in [2.75, 3.05) is 12.3 Å². The quantitative estimate of drug-likeness (QED) is 0.948. The molecule has 1 aliphatic heterocycles. The third-order valence-corrected chi connectivity index (χ3v) is 5.06. The monoisotopic (exact) mass is 302 g/mol. The lowest BCUT2D eigenvalue weighted by Gasteiger charge is -2.23. The third-order valence-electron chi connectivity index (χ3n) is 3.77. The Morgan fingerprint density at radius 1 is 1.43 bits per heavy atom. The number of fused-ring (bicyclic) bond motifs is 1. The summed E-state index contributed by atoms with van der Waals surface area (Å²) >= 11 is 1.82. The van der Waals surface area contributed by atoms with Crippen LogP contribution in [0, 0.1) is 0 Å². The minimum absolute atomic E-state index is 0.0682. The van der Waals surface area contributed by atoms with Crippen molar-refractivity contribution in [1.29, 1.82) is 0 Å². The largest absolute Gasteiger partial charge is 0.325 e. The number of benzene rings is 1. The first-order valence-corrected chi connectivity index (χ1v) is 8.30. The molecule has 1 amide bonds. The van der Waals surface area contributed by atoms with Gasteiger partial charge in [0.25, 0.3) is 11.5 Å². The number of aromatic nitrogens is 1. The fourth-order valence-corrected chi connectivity index (χ4v) is 4.08. The van der Waals surface area contributed by atoms with E-state index in [4.69, 9.17) is 0 Å². The summed E-state index contributed by atoms with van der Waals surface area (Å²) in [6.07, 6.45) is 2.05. The molecule has 2 aromatic rings. The molecular weight excluding hydrogens is 284 g/mol. The van der Waals surface area contributed by atoms with Gasteiger partial charge >= 0.3 is 0 Å². The van der Waals surface area contributed by atoms with Gasteiger partial charge in [-0.05, 0) is 23.9 Å². The van der Waals surface area contributed by atoms with E-state index in [0.29, 0.717) is 11.1 Å². The number of H-pyrrole nitrogens is 1. The molecule has 3 rings (SSSR count). The Balaban J connectivity index is 1.96. The summed E-state index contributed by atoms with van der Waals surface area (Å²) in [5.41, 5.74) is 0.192. The van der Waals surface area contributed by atoms with Crippen LogP contribution in [0.5, 0.6) is 0 Å². The second kappa shape index (κ2) is 5.93. The van der Waals surface area contributed by atoms with Crippen LogP contribution in [0.4, 0.5) is 0 Å². The van der Waals surface area contributed by atoms with Crippen molar-refractivity contribution in [2.24, 2.45) is 0 Å². The van der Waals surface area contributed by atoms with Crippen LogP contribution >= 0.6 is 11.8 Å². The molecule has 1 fully saturated rings. The minimum Gasteiger partial charge on any atom is -0.325 e. The lowest BCUT2D eigenvalue weighted by molar-refractivity contribution is 0.0750. The number of nitrogens with one attached hydrogen (secondary N) is 1. The zero-order chi connectivity index (χ0) is 14.8. The van der Waals surface area contributed by atoms with Gasteiger partial charge in [-0.1, -0.05) is 31.5 Å². The fraction of sp³-hybridized carbons (Fsp3) is 0.375. The maximum atomic E-state index is 12.7. The van der Waals surface area contributed by atoms with Crippen LogP contribution in [-0.2, 0) is 0 Å². The molecule has 5 heteroatoms. The zero-order valence-electron chi connectivity index (χ0n) is 12.0. The summed E-state index contributed by atoms with van der Waals surface area (Å²) in [6.45, 7) is 2.88. The molecule has 0 bridgehead atoms. The lowest BCUT2D eigenvalue weighted by atomic mass is 10.1. The van der Waals surface area contributed by atoms with Crippen LogP contribution in [0.25, 0.3) is 10.8 Å². The van der Waals surface area contributed by atoms with Crippen LogP contribution in [-0.4, -0.2) is 33.5 Å². The number of carbonyl (C=O) groups excluding carboxylic acids is 1. The van der Waals surface area contributed by atoms with Gasteiger partial charge in [0.2, 0.25) is 0 Å². The molecular formula is C16H18N2O2S. The van der Waals surface area contributed by atoms with E-state index in [0.717, 1.165) is 30.5 Å². The van der Waals surface area contributed by atoms with E-state index in [2.05, 4.69) is 11.9 Å². The Bertz CT molecular complexity index is 726. The number of carbonyl (C=O) groups is 1. The average Bonchev–Trinajstić information content (AvgIpc) is 2.95. The van der Waals surface area contributed by atoms with Gasteiger partial charge < -0.3 is 9.88 Å². The van der Waals surface area contributed by atoms with Gasteiger partial charge in [-0.2, -0.15) is 0 Å². The molecule has 4 nitrogen and oxygen atoms in total. The third kappa shape index (κ3) is 2.70. The number of rotatable bonds is 3. The Kier molecular flexibility index (Phi) is 4.01. The minimum atomic E-state index is -0.199. The molecule has 1 aliphatic rings. The van der Waals surface area contributed by atoms with Crippen molar-refractivity contribution in [3.8, 4) is 0 Å². The normalized spacial score (nSPS) is 18.3. The van der Waals surface area contributed by atoms with Gasteiger partial charge in [0, 0.05) is 17.7 Å². The Hall–Kier alpha value is -1.75. The molecule has 110 valence electrons. The molecule has 1 aromatic carbocycles. The van der Waals surface area contributed by atoms with E-state index < -0.39 is 0 Å². The predicted octanol–water partition coefficient (Wildman–Crippen LogP) is 2.84. The van der Waals surface area contributed by atoms with Crippen molar-refractivity contribution >= 4 is 28.4 Å². The van der Waals surface area contributed by atoms with E-state index in [1.165, 1.54) is 0 Å². The van der Waals surface area contributed by atoms with E-state index >= 15 is 0 Å². The fourth-order valence-electron chi connectivity index (χ4n) is 2.72. The van der Waals surface area contributed by atoms with E-state index in [9.17, 15) is 9.59 Å². The zero-order valence-corrected chi connectivity index (χ0v) is 12.8. The Morgan fingerprint density at radius 3 is 3.05 bits per heavy atom. The summed E-state index contributed by atoms with van der Waals surface area (Å²) in [5.74, 6) is 0.898. The number of amides is 1. The standard InChI is InChI=1S/C16H18N2O2S/c1-2-5-14-18(8-9-21-14)16(20)13-10-11-6-3-4-7-12(11)15(19)17-13/h3-4,6-7,10,14H,2,5,8-9H2,1H3,(H,17,19).